The predicted octanol–water partition coefficient (Wildman–Crippen LogP) is 2.56. The van der Waals surface area contributed by atoms with Crippen molar-refractivity contribution in [1.29, 1.82) is 0 Å². The number of halogens is 2. The smallest absolute Gasteiger partial charge is 0.372 e. The van der Waals surface area contributed by atoms with Gasteiger partial charge in [0.2, 0.25) is 19.9 Å². The summed E-state index contributed by atoms with van der Waals surface area (Å²) >= 11 is 0. The lowest BCUT2D eigenvalue weighted by Crippen LogP contribution is -2.47. The van der Waals surface area contributed by atoms with E-state index < -0.39 is 48.3 Å². The van der Waals surface area contributed by atoms with Crippen LogP contribution in [0.1, 0.15) is 24.8 Å². The standard InChI is InChI=1S/C33H41F2N3O8S2/c34-33(35,23-39)47(41,42)30-5-2-4-29(18-30)45-22-28(40)20-37-27-19-32(46-21-27)12-15-38(16-13-32)48(43,44)31-6-1-3-26(17-31)25-9-7-24(8-10-25)11-14-36/h1-10,17-18,27-28,37,39-40H,11-16,19-23,36H2/t27-,28-/m0/s1. The number of rotatable bonds is 14. The number of alkyl halides is 2. The summed E-state index contributed by atoms with van der Waals surface area (Å²) < 4.78 is 91.9. The zero-order valence-electron chi connectivity index (χ0n) is 26.3. The lowest BCUT2D eigenvalue weighted by molar-refractivity contribution is -0.0312. The first-order chi connectivity index (χ1) is 22.8. The van der Waals surface area contributed by atoms with E-state index in [1.165, 1.54) is 16.4 Å². The van der Waals surface area contributed by atoms with Crippen LogP contribution in [0.15, 0.2) is 82.6 Å². The van der Waals surface area contributed by atoms with Crippen molar-refractivity contribution in [3.8, 4) is 16.9 Å². The van der Waals surface area contributed by atoms with Gasteiger partial charge in [-0.3, -0.25) is 0 Å². The van der Waals surface area contributed by atoms with Gasteiger partial charge in [0, 0.05) is 25.7 Å². The SMILES string of the molecule is NCCc1ccc(-c2cccc(S(=O)(=O)N3CCC4(CC3)C[C@H](NC[C@H](O)COc3cccc(S(=O)(=O)C(F)(F)CO)c3)CO4)c2)cc1. The number of nitrogens with zero attached hydrogens (tertiary/aromatic N) is 1. The number of benzene rings is 3. The fraction of sp³-hybridized carbons (Fsp3) is 0.455. The molecule has 2 aliphatic rings. The van der Waals surface area contributed by atoms with E-state index in [2.05, 4.69) is 5.32 Å². The summed E-state index contributed by atoms with van der Waals surface area (Å²) in [5, 5.41) is 18.1. The largest absolute Gasteiger partial charge is 0.491 e. The van der Waals surface area contributed by atoms with Gasteiger partial charge < -0.3 is 30.7 Å². The van der Waals surface area contributed by atoms with E-state index in [9.17, 15) is 30.7 Å². The number of nitrogens with two attached hydrogens (primary N) is 1. The van der Waals surface area contributed by atoms with Crippen LogP contribution in [-0.4, -0.2) is 100 Å². The molecule has 0 aliphatic carbocycles. The Morgan fingerprint density at radius 3 is 2.38 bits per heavy atom. The van der Waals surface area contributed by atoms with Gasteiger partial charge in [0.25, 0.3) is 0 Å². The average Bonchev–Trinajstić information content (AvgIpc) is 3.49. The minimum absolute atomic E-state index is 0.0301. The van der Waals surface area contributed by atoms with Crippen molar-refractivity contribution >= 4 is 19.9 Å². The molecule has 3 aromatic carbocycles. The van der Waals surface area contributed by atoms with E-state index in [-0.39, 0.29) is 29.8 Å². The van der Waals surface area contributed by atoms with Crippen LogP contribution in [0.3, 0.4) is 0 Å². The van der Waals surface area contributed by atoms with E-state index in [0.717, 1.165) is 35.2 Å². The minimum atomic E-state index is -5.12. The Labute approximate surface area is 279 Å². The van der Waals surface area contributed by atoms with Gasteiger partial charge in [-0.25, -0.2) is 16.8 Å². The maximum Gasteiger partial charge on any atom is 0.372 e. The Bertz CT molecular complexity index is 1770. The Kier molecular flexibility index (Phi) is 11.2. The van der Waals surface area contributed by atoms with E-state index in [1.807, 2.05) is 30.3 Å². The third-order valence-corrected chi connectivity index (χ3v) is 12.5. The zero-order valence-corrected chi connectivity index (χ0v) is 27.9. The fourth-order valence-electron chi connectivity index (χ4n) is 6.02. The quantitative estimate of drug-likeness (QED) is 0.195. The highest BCUT2D eigenvalue weighted by atomic mass is 32.2. The van der Waals surface area contributed by atoms with Crippen LogP contribution in [-0.2, 0) is 31.0 Å². The van der Waals surface area contributed by atoms with Crippen molar-refractivity contribution in [2.75, 3.05) is 46.0 Å². The third kappa shape index (κ3) is 8.05. The normalized spacial score (nSPS) is 19.4. The first kappa shape index (κ1) is 36.3. The van der Waals surface area contributed by atoms with Crippen molar-refractivity contribution in [2.24, 2.45) is 5.73 Å². The number of aliphatic hydroxyl groups is 2. The topological polar surface area (TPSA) is 168 Å². The van der Waals surface area contributed by atoms with Gasteiger partial charge in [0.1, 0.15) is 25.1 Å². The van der Waals surface area contributed by atoms with Crippen molar-refractivity contribution in [1.82, 2.24) is 9.62 Å². The molecule has 11 nitrogen and oxygen atoms in total. The van der Waals surface area contributed by atoms with Crippen LogP contribution in [0.4, 0.5) is 8.78 Å². The third-order valence-electron chi connectivity index (χ3n) is 8.81. The summed E-state index contributed by atoms with van der Waals surface area (Å²) in [6, 6.07) is 19.3. The van der Waals surface area contributed by atoms with E-state index in [4.69, 9.17) is 20.3 Å². The van der Waals surface area contributed by atoms with Gasteiger partial charge in [-0.2, -0.15) is 13.1 Å². The van der Waals surface area contributed by atoms with Gasteiger partial charge in [-0.15, -0.1) is 0 Å². The first-order valence-electron chi connectivity index (χ1n) is 15.7. The predicted molar refractivity (Wildman–Crippen MR) is 175 cm³/mol. The maximum atomic E-state index is 13.7. The number of ether oxygens (including phenoxy) is 2. The summed E-state index contributed by atoms with van der Waals surface area (Å²) in [4.78, 5) is -0.474. The molecule has 0 radical (unpaired) electrons. The fourth-order valence-corrected chi connectivity index (χ4v) is 8.55. The molecule has 5 N–H and O–H groups in total. The summed E-state index contributed by atoms with van der Waals surface area (Å²) in [6.45, 7) is -0.411. The molecule has 262 valence electrons. The minimum Gasteiger partial charge on any atom is -0.491 e. The highest BCUT2D eigenvalue weighted by Crippen LogP contribution is 2.38. The molecule has 1 spiro atoms. The molecule has 0 bridgehead atoms. The van der Waals surface area contributed by atoms with Gasteiger partial charge in [0.05, 0.1) is 22.0 Å². The molecule has 2 aliphatic heterocycles. The van der Waals surface area contributed by atoms with Crippen LogP contribution in [0.5, 0.6) is 5.75 Å². The molecule has 0 aromatic heterocycles. The van der Waals surface area contributed by atoms with Crippen molar-refractivity contribution < 1.29 is 45.3 Å². The highest BCUT2D eigenvalue weighted by Gasteiger charge is 2.46. The first-order valence-corrected chi connectivity index (χ1v) is 18.6. The van der Waals surface area contributed by atoms with Crippen LogP contribution in [0.2, 0.25) is 0 Å². The average molecular weight is 710 g/mol. The zero-order chi connectivity index (χ0) is 34.6. The Balaban J connectivity index is 1.10. The molecule has 48 heavy (non-hydrogen) atoms. The summed E-state index contributed by atoms with van der Waals surface area (Å²) in [6.07, 6.45) is 1.44. The molecular formula is C33H41F2N3O8S2. The summed E-state index contributed by atoms with van der Waals surface area (Å²) in [5.74, 6) is -0.0301. The Morgan fingerprint density at radius 1 is 1.00 bits per heavy atom. The molecule has 0 unspecified atom stereocenters. The second kappa shape index (κ2) is 14.8. The molecule has 3 aromatic rings. The van der Waals surface area contributed by atoms with Crippen LogP contribution < -0.4 is 15.8 Å². The molecule has 2 heterocycles. The molecule has 0 saturated carbocycles. The molecule has 15 heteroatoms. The molecule has 0 amide bonds. The van der Waals surface area contributed by atoms with Gasteiger partial charge >= 0.3 is 5.25 Å². The lowest BCUT2D eigenvalue weighted by atomic mass is 9.88. The number of aliphatic hydroxyl groups excluding tert-OH is 2. The van der Waals surface area contributed by atoms with Crippen LogP contribution in [0, 0.1) is 0 Å². The van der Waals surface area contributed by atoms with Gasteiger partial charge in [0.15, 0.2) is 0 Å². The number of sulfonamides is 1. The molecule has 2 saturated heterocycles. The second-order valence-corrected chi connectivity index (χ2v) is 16.2. The lowest BCUT2D eigenvalue weighted by Gasteiger charge is -2.38. The number of piperidine rings is 1. The maximum absolute atomic E-state index is 13.7. The Morgan fingerprint density at radius 2 is 1.69 bits per heavy atom. The molecular weight excluding hydrogens is 669 g/mol. The van der Waals surface area contributed by atoms with E-state index in [1.54, 1.807) is 18.2 Å². The van der Waals surface area contributed by atoms with Crippen LogP contribution in [0.25, 0.3) is 11.1 Å². The summed E-state index contributed by atoms with van der Waals surface area (Å²) in [7, 11) is -8.84. The Hall–Kier alpha value is -3.02. The molecule has 5 rings (SSSR count). The van der Waals surface area contributed by atoms with Crippen LogP contribution >= 0.6 is 0 Å². The monoisotopic (exact) mass is 709 g/mol. The van der Waals surface area contributed by atoms with Gasteiger partial charge in [-0.05, 0) is 79.3 Å². The number of sulfone groups is 1. The summed E-state index contributed by atoms with van der Waals surface area (Å²) in [5.41, 5.74) is 8.01. The van der Waals surface area contributed by atoms with E-state index in [0.29, 0.717) is 45.5 Å². The molecule has 2 atom stereocenters. The number of nitrogens with one attached hydrogen (secondary N) is 1. The van der Waals surface area contributed by atoms with E-state index >= 15 is 0 Å². The second-order valence-electron chi connectivity index (χ2n) is 12.2. The molecule has 2 fully saturated rings. The van der Waals surface area contributed by atoms with Crippen molar-refractivity contribution in [3.63, 3.8) is 0 Å². The van der Waals surface area contributed by atoms with Crippen molar-refractivity contribution in [2.45, 2.75) is 58.5 Å². The highest BCUT2D eigenvalue weighted by molar-refractivity contribution is 7.92. The van der Waals surface area contributed by atoms with Crippen molar-refractivity contribution in [3.05, 3.63) is 78.4 Å². The number of hydrogen-bond acceptors (Lipinski definition) is 10. The van der Waals surface area contributed by atoms with Gasteiger partial charge in [-0.1, -0.05) is 42.5 Å². The number of hydrogen-bond donors (Lipinski definition) is 4.